The van der Waals surface area contributed by atoms with Crippen LogP contribution in [0.4, 0.5) is 17.1 Å². The van der Waals surface area contributed by atoms with E-state index in [1.54, 1.807) is 9.58 Å². The number of anilines is 3. The molecule has 3 aliphatic rings. The van der Waals surface area contributed by atoms with Gasteiger partial charge in [-0.2, -0.15) is 0 Å². The smallest absolute Gasteiger partial charge is 0.268 e. The van der Waals surface area contributed by atoms with Crippen LogP contribution in [0.3, 0.4) is 0 Å². The van der Waals surface area contributed by atoms with Crippen LogP contribution in [0.5, 0.6) is 0 Å². The molecule has 10 nitrogen and oxygen atoms in total. The van der Waals surface area contributed by atoms with Crippen molar-refractivity contribution in [2.24, 2.45) is 5.92 Å². The van der Waals surface area contributed by atoms with Gasteiger partial charge in [0.2, 0.25) is 5.91 Å². The van der Waals surface area contributed by atoms with E-state index in [1.807, 2.05) is 110 Å². The number of aryl methyl sites for hydroxylation is 1. The Morgan fingerprint density at radius 1 is 0.960 bits per heavy atom. The Labute approximate surface area is 294 Å². The molecule has 2 saturated heterocycles. The van der Waals surface area contributed by atoms with Crippen LogP contribution < -0.4 is 9.80 Å². The van der Waals surface area contributed by atoms with Crippen LogP contribution in [0, 0.1) is 5.92 Å². The molecule has 1 unspecified atom stereocenters. The number of para-hydroxylation sites is 1. The number of carbonyl (C=O) groups is 2. The van der Waals surface area contributed by atoms with Gasteiger partial charge < -0.3 is 19.5 Å². The van der Waals surface area contributed by atoms with E-state index < -0.39 is 20.0 Å². The predicted octanol–water partition coefficient (Wildman–Crippen LogP) is 6.27. The molecular formula is C39H47N5O5Si. The zero-order valence-electron chi connectivity index (χ0n) is 29.1. The molecule has 50 heavy (non-hydrogen) atoms. The Morgan fingerprint density at radius 2 is 1.68 bits per heavy atom. The highest BCUT2D eigenvalue weighted by Crippen LogP contribution is 2.61. The molecule has 1 spiro atoms. The minimum atomic E-state index is -2.90. The van der Waals surface area contributed by atoms with Gasteiger partial charge in [-0.25, -0.2) is 0 Å². The third-order valence-electron chi connectivity index (χ3n) is 11.0. The molecule has 262 valence electrons. The SMILES string of the molecule is C[C@H]1[C@H]([Si](C)(C)O)[C@@H](CCn2cc(C(CO)c3ccccc3)nn2)O[C@]12C(=O)N(c1ccccc1)c1ccc(N3CCCCCCC3=O)cc12. The summed E-state index contributed by atoms with van der Waals surface area (Å²) in [6.07, 6.45) is 6.39. The summed E-state index contributed by atoms with van der Waals surface area (Å²) in [6, 6.07) is 25.3. The number of nitrogens with zero attached hydrogens (tertiary/aromatic N) is 5. The number of hydrogen-bond donors (Lipinski definition) is 2. The fourth-order valence-electron chi connectivity index (χ4n) is 8.59. The summed E-state index contributed by atoms with van der Waals surface area (Å²) in [7, 11) is -2.90. The van der Waals surface area contributed by atoms with Gasteiger partial charge in [0, 0.05) is 54.1 Å². The van der Waals surface area contributed by atoms with E-state index in [4.69, 9.17) is 4.74 Å². The largest absolute Gasteiger partial charge is 0.432 e. The number of ether oxygens (including phenoxy) is 1. The molecular weight excluding hydrogens is 647 g/mol. The molecule has 3 aromatic carbocycles. The lowest BCUT2D eigenvalue weighted by Gasteiger charge is -2.33. The van der Waals surface area contributed by atoms with Crippen molar-refractivity contribution < 1.29 is 24.2 Å². The van der Waals surface area contributed by atoms with Gasteiger partial charge in [-0.05, 0) is 68.3 Å². The maximum atomic E-state index is 15.0. The lowest BCUT2D eigenvalue weighted by atomic mass is 9.82. The topological polar surface area (TPSA) is 121 Å². The molecule has 5 atom stereocenters. The van der Waals surface area contributed by atoms with Crippen molar-refractivity contribution in [3.8, 4) is 0 Å². The Kier molecular flexibility index (Phi) is 9.51. The second-order valence-electron chi connectivity index (χ2n) is 14.6. The number of hydrogen-bond acceptors (Lipinski definition) is 7. The molecule has 11 heteroatoms. The predicted molar refractivity (Wildman–Crippen MR) is 195 cm³/mol. The summed E-state index contributed by atoms with van der Waals surface area (Å²) in [4.78, 5) is 43.8. The average Bonchev–Trinajstić information content (AvgIpc) is 3.76. The van der Waals surface area contributed by atoms with Gasteiger partial charge in [-0.3, -0.25) is 19.2 Å². The third kappa shape index (κ3) is 6.10. The zero-order valence-corrected chi connectivity index (χ0v) is 30.1. The Balaban J connectivity index is 1.24. The second kappa shape index (κ2) is 13.9. The van der Waals surface area contributed by atoms with Crippen molar-refractivity contribution in [2.45, 2.75) is 88.3 Å². The molecule has 0 aliphatic carbocycles. The van der Waals surface area contributed by atoms with E-state index in [1.165, 1.54) is 0 Å². The number of carbonyl (C=O) groups excluding carboxylic acids is 2. The molecule has 3 aliphatic heterocycles. The summed E-state index contributed by atoms with van der Waals surface area (Å²) < 4.78 is 8.87. The van der Waals surface area contributed by atoms with Crippen LogP contribution in [0.15, 0.2) is 85.1 Å². The van der Waals surface area contributed by atoms with Crippen molar-refractivity contribution in [3.05, 3.63) is 102 Å². The monoisotopic (exact) mass is 693 g/mol. The number of fused-ring (bicyclic) bond motifs is 2. The van der Waals surface area contributed by atoms with Crippen LogP contribution >= 0.6 is 0 Å². The zero-order chi connectivity index (χ0) is 35.0. The Hall–Kier alpha value is -4.16. The van der Waals surface area contributed by atoms with Crippen LogP contribution in [-0.2, 0) is 26.5 Å². The molecule has 2 amide bonds. The lowest BCUT2D eigenvalue weighted by molar-refractivity contribution is -0.145. The minimum absolute atomic E-state index is 0.0920. The van der Waals surface area contributed by atoms with E-state index in [0.717, 1.165) is 53.9 Å². The molecule has 7 rings (SSSR count). The summed E-state index contributed by atoms with van der Waals surface area (Å²) in [6.45, 7) is 6.89. The number of aliphatic hydroxyl groups is 1. The van der Waals surface area contributed by atoms with Crippen LogP contribution in [0.2, 0.25) is 18.6 Å². The van der Waals surface area contributed by atoms with E-state index in [9.17, 15) is 19.5 Å². The van der Waals surface area contributed by atoms with Crippen molar-refractivity contribution in [3.63, 3.8) is 0 Å². The number of amides is 2. The van der Waals surface area contributed by atoms with Gasteiger partial charge in [0.25, 0.3) is 5.91 Å². The summed E-state index contributed by atoms with van der Waals surface area (Å²) >= 11 is 0. The summed E-state index contributed by atoms with van der Waals surface area (Å²) in [5, 5.41) is 19.0. The van der Waals surface area contributed by atoms with E-state index in [2.05, 4.69) is 10.3 Å². The van der Waals surface area contributed by atoms with E-state index in [0.29, 0.717) is 31.6 Å². The first-order valence-electron chi connectivity index (χ1n) is 17.9. The van der Waals surface area contributed by atoms with Gasteiger partial charge in [0.15, 0.2) is 13.9 Å². The standard InChI is InChI=1S/C39H47N5O5Si/c1-27-37(50(2,3)48)35(21-23-42-25-33(40-41-42)31(26-45)28-14-8-6-9-15-28)49-39(27)32-24-30(43-22-13-5-4-12-18-36(43)46)19-20-34(32)44(38(39)47)29-16-10-7-11-17-29/h6-11,14-17,19-20,24-25,27,31,35,37,45,48H,4-5,12-13,18,21-23,26H2,1-3H3/t27-,31?,35+,37-,39+/m0/s1. The Bertz CT molecular complexity index is 1830. The average molecular weight is 694 g/mol. The number of aliphatic hydroxyl groups excluding tert-OH is 1. The maximum absolute atomic E-state index is 15.0. The Morgan fingerprint density at radius 3 is 2.40 bits per heavy atom. The quantitative estimate of drug-likeness (QED) is 0.199. The fraction of sp³-hybridized carbons (Fsp3) is 0.436. The first-order valence-corrected chi connectivity index (χ1v) is 21.0. The van der Waals surface area contributed by atoms with E-state index in [-0.39, 0.29) is 35.8 Å². The molecule has 2 fully saturated rings. The molecule has 4 heterocycles. The van der Waals surface area contributed by atoms with Crippen LogP contribution in [-0.4, -0.2) is 64.3 Å². The first-order chi connectivity index (χ1) is 24.1. The van der Waals surface area contributed by atoms with Crippen molar-refractivity contribution in [1.29, 1.82) is 0 Å². The molecule has 1 aromatic heterocycles. The molecule has 4 aromatic rings. The normalized spacial score (nSPS) is 24.8. The maximum Gasteiger partial charge on any atom is 0.268 e. The van der Waals surface area contributed by atoms with Gasteiger partial charge >= 0.3 is 0 Å². The van der Waals surface area contributed by atoms with Crippen molar-refractivity contribution in [2.75, 3.05) is 23.0 Å². The molecule has 2 N–H and O–H groups in total. The third-order valence-corrected chi connectivity index (χ3v) is 13.5. The van der Waals surface area contributed by atoms with Gasteiger partial charge in [-0.15, -0.1) is 5.10 Å². The number of benzene rings is 3. The summed E-state index contributed by atoms with van der Waals surface area (Å²) in [5.41, 5.74) is 3.03. The van der Waals surface area contributed by atoms with E-state index >= 15 is 0 Å². The van der Waals surface area contributed by atoms with Gasteiger partial charge in [-0.1, -0.05) is 73.5 Å². The van der Waals surface area contributed by atoms with Gasteiger partial charge in [0.1, 0.15) is 0 Å². The van der Waals surface area contributed by atoms with Crippen LogP contribution in [0.1, 0.15) is 68.2 Å². The number of aromatic nitrogens is 3. The lowest BCUT2D eigenvalue weighted by Crippen LogP contribution is -2.45. The van der Waals surface area contributed by atoms with Gasteiger partial charge in [0.05, 0.1) is 30.0 Å². The highest BCUT2D eigenvalue weighted by atomic mass is 28.4. The minimum Gasteiger partial charge on any atom is -0.432 e. The highest BCUT2D eigenvalue weighted by molar-refractivity contribution is 6.71. The van der Waals surface area contributed by atoms with Crippen molar-refractivity contribution in [1.82, 2.24) is 15.0 Å². The second-order valence-corrected chi connectivity index (χ2v) is 18.6. The van der Waals surface area contributed by atoms with Crippen LogP contribution in [0.25, 0.3) is 0 Å². The highest BCUT2D eigenvalue weighted by Gasteiger charge is 2.66. The molecule has 0 bridgehead atoms. The fourth-order valence-corrected chi connectivity index (χ4v) is 11.2. The number of rotatable bonds is 9. The summed E-state index contributed by atoms with van der Waals surface area (Å²) in [5.74, 6) is -0.713. The first kappa shape index (κ1) is 34.3. The van der Waals surface area contributed by atoms with Crippen molar-refractivity contribution >= 4 is 37.2 Å². The molecule has 0 saturated carbocycles. The molecule has 0 radical (unpaired) electrons.